The summed E-state index contributed by atoms with van der Waals surface area (Å²) in [7, 11) is 1.33. The zero-order chi connectivity index (χ0) is 10.9. The Bertz CT molecular complexity index is 183. The Morgan fingerprint density at radius 2 is 2.15 bits per heavy atom. The summed E-state index contributed by atoms with van der Waals surface area (Å²) in [6, 6.07) is 0. The smallest absolute Gasteiger partial charge is 0.241 e. The molecule has 8 heteroatoms. The second-order valence-corrected chi connectivity index (χ2v) is 7.05. The number of carbonyl (C=O) groups excluding carboxylic acids is 1. The standard InChI is InChI=1S/C4H9NO2.CH5O2PS2/c1-2-4(7)5-3-6;1-3-4(2,5)6/h6H,2-3H2,1H3,(H,5,7);1H3,(H2,2,5,6). The van der Waals surface area contributed by atoms with E-state index < -0.39 is 5.69 Å². The average Bonchev–Trinajstić information content (AvgIpc) is 2.05. The van der Waals surface area contributed by atoms with Crippen molar-refractivity contribution in [2.24, 2.45) is 0 Å². The first-order valence-corrected chi connectivity index (χ1v) is 7.18. The minimum Gasteiger partial charge on any atom is -0.377 e. The first-order chi connectivity index (χ1) is 5.87. The van der Waals surface area contributed by atoms with Crippen LogP contribution in [0.1, 0.15) is 13.3 Å². The fourth-order valence-electron chi connectivity index (χ4n) is 0.213. The van der Waals surface area contributed by atoms with E-state index in [0.29, 0.717) is 6.42 Å². The third kappa shape index (κ3) is 19.0. The minimum absolute atomic E-state index is 0.123. The molecule has 0 aliphatic rings. The molecule has 1 amide bonds. The molecule has 0 saturated heterocycles. The van der Waals surface area contributed by atoms with E-state index in [1.165, 1.54) is 7.11 Å². The van der Waals surface area contributed by atoms with Gasteiger partial charge in [0.25, 0.3) is 0 Å². The number of amides is 1. The van der Waals surface area contributed by atoms with Crippen molar-refractivity contribution in [3.63, 3.8) is 0 Å². The van der Waals surface area contributed by atoms with Crippen LogP contribution in [0.5, 0.6) is 0 Å². The summed E-state index contributed by atoms with van der Waals surface area (Å²) >= 11 is 7.81. The highest BCUT2D eigenvalue weighted by molar-refractivity contribution is 8.59. The van der Waals surface area contributed by atoms with Gasteiger partial charge < -0.3 is 19.8 Å². The van der Waals surface area contributed by atoms with Gasteiger partial charge in [0, 0.05) is 13.5 Å². The van der Waals surface area contributed by atoms with E-state index in [9.17, 15) is 4.79 Å². The van der Waals surface area contributed by atoms with Crippen LogP contribution in [-0.4, -0.2) is 29.7 Å². The quantitative estimate of drug-likeness (QED) is 0.326. The normalized spacial score (nSPS) is 13.6. The molecule has 0 rings (SSSR count). The van der Waals surface area contributed by atoms with Gasteiger partial charge in [-0.05, 0) is 11.8 Å². The van der Waals surface area contributed by atoms with Crippen molar-refractivity contribution in [2.45, 2.75) is 13.3 Å². The highest BCUT2D eigenvalue weighted by Gasteiger charge is 1.97. The van der Waals surface area contributed by atoms with Crippen molar-refractivity contribution in [3.8, 4) is 0 Å². The van der Waals surface area contributed by atoms with Crippen molar-refractivity contribution < 1.29 is 19.3 Å². The lowest BCUT2D eigenvalue weighted by molar-refractivity contribution is -0.121. The van der Waals surface area contributed by atoms with Gasteiger partial charge in [0.05, 0.1) is 0 Å². The Morgan fingerprint density at radius 3 is 2.23 bits per heavy atom. The molecule has 0 spiro atoms. The highest BCUT2D eigenvalue weighted by atomic mass is 32.9. The van der Waals surface area contributed by atoms with Gasteiger partial charge in [-0.3, -0.25) is 4.79 Å². The lowest BCUT2D eigenvalue weighted by atomic mass is 10.5. The maximum absolute atomic E-state index is 10.1. The fourth-order valence-corrected chi connectivity index (χ4v) is 0.213. The fraction of sp³-hybridized carbons (Fsp3) is 0.800. The van der Waals surface area contributed by atoms with Crippen molar-refractivity contribution in [2.75, 3.05) is 13.8 Å². The summed E-state index contributed by atoms with van der Waals surface area (Å²) in [6.07, 6.45) is 0.431. The van der Waals surface area contributed by atoms with E-state index in [4.69, 9.17) is 10.00 Å². The van der Waals surface area contributed by atoms with Gasteiger partial charge in [0.1, 0.15) is 6.73 Å². The molecule has 1 atom stereocenters. The van der Waals surface area contributed by atoms with Gasteiger partial charge >= 0.3 is 0 Å². The van der Waals surface area contributed by atoms with Crippen LogP contribution in [-0.2, 0) is 21.1 Å². The van der Waals surface area contributed by atoms with Gasteiger partial charge in [-0.25, -0.2) is 0 Å². The molecule has 0 aliphatic heterocycles. The molecule has 5 nitrogen and oxygen atoms in total. The first-order valence-electron chi connectivity index (χ1n) is 3.36. The summed E-state index contributed by atoms with van der Waals surface area (Å²) in [6.45, 7) is 1.47. The molecule has 0 aromatic heterocycles. The number of carbonyl (C=O) groups is 1. The van der Waals surface area contributed by atoms with E-state index in [1.807, 2.05) is 0 Å². The molecular weight excluding hydrogens is 233 g/mol. The molecule has 0 radical (unpaired) electrons. The van der Waals surface area contributed by atoms with E-state index in [-0.39, 0.29) is 12.6 Å². The molecule has 1 unspecified atom stereocenters. The van der Waals surface area contributed by atoms with Crippen LogP contribution in [0, 0.1) is 0 Å². The second kappa shape index (κ2) is 8.93. The van der Waals surface area contributed by atoms with Gasteiger partial charge in [0.15, 0.2) is 0 Å². The monoisotopic (exact) mass is 247 g/mol. The number of rotatable bonds is 3. The Hall–Kier alpha value is 0.350. The summed E-state index contributed by atoms with van der Waals surface area (Å²) in [5.74, 6) is -0.123. The van der Waals surface area contributed by atoms with Crippen LogP contribution in [0.4, 0.5) is 0 Å². The van der Waals surface area contributed by atoms with Crippen LogP contribution in [0.3, 0.4) is 0 Å². The van der Waals surface area contributed by atoms with Gasteiger partial charge in [-0.1, -0.05) is 19.2 Å². The molecule has 0 aliphatic carbocycles. The summed E-state index contributed by atoms with van der Waals surface area (Å²) < 4.78 is 4.28. The lowest BCUT2D eigenvalue weighted by Crippen LogP contribution is -2.22. The number of thiol groups is 1. The maximum atomic E-state index is 10.1. The Labute approximate surface area is 87.8 Å². The second-order valence-electron chi connectivity index (χ2n) is 1.78. The number of aliphatic hydroxyl groups excluding tert-OH is 1. The Balaban J connectivity index is 0. The van der Waals surface area contributed by atoms with Crippen LogP contribution in [0.25, 0.3) is 0 Å². The SMILES string of the molecule is CCC(=O)NCO.COP(O)(=S)S. The van der Waals surface area contributed by atoms with Crippen molar-refractivity contribution >= 4 is 35.7 Å². The topological polar surface area (TPSA) is 78.8 Å². The van der Waals surface area contributed by atoms with Gasteiger partial charge in [0.2, 0.25) is 11.6 Å². The third-order valence-corrected chi connectivity index (χ3v) is 2.25. The molecule has 0 saturated carbocycles. The molecule has 0 aromatic rings. The van der Waals surface area contributed by atoms with Crippen LogP contribution in [0.15, 0.2) is 0 Å². The Morgan fingerprint density at radius 1 is 1.77 bits per heavy atom. The van der Waals surface area contributed by atoms with Crippen LogP contribution in [0.2, 0.25) is 0 Å². The summed E-state index contributed by atoms with van der Waals surface area (Å²) in [4.78, 5) is 18.5. The highest BCUT2D eigenvalue weighted by Crippen LogP contribution is 2.45. The largest absolute Gasteiger partial charge is 0.377 e. The van der Waals surface area contributed by atoms with Crippen LogP contribution < -0.4 is 5.32 Å². The predicted octanol–water partition coefficient (Wildman–Crippen LogP) is 0.242. The zero-order valence-corrected chi connectivity index (χ0v) is 10.0. The maximum Gasteiger partial charge on any atom is 0.241 e. The van der Waals surface area contributed by atoms with Gasteiger partial charge in [-0.15, -0.1) is 0 Å². The predicted molar refractivity (Wildman–Crippen MR) is 58.0 cm³/mol. The van der Waals surface area contributed by atoms with E-state index in [1.54, 1.807) is 6.92 Å². The van der Waals surface area contributed by atoms with Crippen molar-refractivity contribution in [1.82, 2.24) is 5.32 Å². The van der Waals surface area contributed by atoms with Crippen molar-refractivity contribution in [1.29, 1.82) is 0 Å². The number of aliphatic hydroxyl groups is 1. The number of nitrogens with one attached hydrogen (secondary N) is 1. The third-order valence-electron chi connectivity index (χ3n) is 0.835. The molecular formula is C5H14NO4PS2. The Kier molecular flexibility index (Phi) is 10.9. The molecule has 80 valence electrons. The summed E-state index contributed by atoms with van der Waals surface area (Å²) in [5.41, 5.74) is -2.62. The molecule has 13 heavy (non-hydrogen) atoms. The first kappa shape index (κ1) is 15.8. The minimum atomic E-state index is -2.62. The lowest BCUT2D eigenvalue weighted by Gasteiger charge is -1.99. The van der Waals surface area contributed by atoms with E-state index in [2.05, 4.69) is 33.9 Å². The molecule has 0 heterocycles. The average molecular weight is 247 g/mol. The summed E-state index contributed by atoms with van der Waals surface area (Å²) in [5, 5.41) is 10.2. The van der Waals surface area contributed by atoms with Gasteiger partial charge in [-0.2, -0.15) is 0 Å². The van der Waals surface area contributed by atoms with E-state index >= 15 is 0 Å². The molecule has 3 N–H and O–H groups in total. The zero-order valence-electron chi connectivity index (χ0n) is 7.43. The van der Waals surface area contributed by atoms with E-state index in [0.717, 1.165) is 0 Å². The number of hydrogen-bond acceptors (Lipinski definition) is 4. The molecule has 0 aromatic carbocycles. The molecule has 0 fully saturated rings. The number of hydrogen-bond donors (Lipinski definition) is 4. The molecule has 0 bridgehead atoms. The van der Waals surface area contributed by atoms with Crippen molar-refractivity contribution in [3.05, 3.63) is 0 Å². The van der Waals surface area contributed by atoms with Crippen LogP contribution >= 0.6 is 17.9 Å².